The molecule has 0 aliphatic carbocycles. The summed E-state index contributed by atoms with van der Waals surface area (Å²) in [5.41, 5.74) is 2.12. The minimum absolute atomic E-state index is 0.0978. The molecule has 1 fully saturated rings. The van der Waals surface area contributed by atoms with Gasteiger partial charge in [0.1, 0.15) is 17.2 Å². The highest BCUT2D eigenvalue weighted by Crippen LogP contribution is 2.35. The van der Waals surface area contributed by atoms with Crippen molar-refractivity contribution in [2.75, 3.05) is 25.5 Å². The molecular weight excluding hydrogens is 330 g/mol. The Hall–Kier alpha value is -3.03. The van der Waals surface area contributed by atoms with Gasteiger partial charge in [-0.3, -0.25) is 4.79 Å². The van der Waals surface area contributed by atoms with Gasteiger partial charge in [-0.1, -0.05) is 0 Å². The van der Waals surface area contributed by atoms with Crippen LogP contribution in [0.1, 0.15) is 40.8 Å². The molecule has 3 aromatic rings. The molecule has 134 valence electrons. The molecule has 0 N–H and O–H groups in total. The fraction of sp³-hybridized carbons (Fsp3) is 0.389. The molecule has 8 nitrogen and oxygen atoms in total. The zero-order valence-electron chi connectivity index (χ0n) is 15.1. The van der Waals surface area contributed by atoms with Gasteiger partial charge in [0.2, 0.25) is 0 Å². The third-order valence-corrected chi connectivity index (χ3v) is 4.72. The van der Waals surface area contributed by atoms with Crippen LogP contribution >= 0.6 is 0 Å². The lowest BCUT2D eigenvalue weighted by Gasteiger charge is -2.26. The van der Waals surface area contributed by atoms with E-state index in [9.17, 15) is 4.79 Å². The van der Waals surface area contributed by atoms with Gasteiger partial charge in [0, 0.05) is 33.0 Å². The van der Waals surface area contributed by atoms with Gasteiger partial charge < -0.3 is 9.80 Å². The molecule has 0 bridgehead atoms. The molecule has 1 aliphatic heterocycles. The molecule has 1 amide bonds. The number of amides is 1. The first kappa shape index (κ1) is 16.4. The van der Waals surface area contributed by atoms with Crippen molar-refractivity contribution in [2.45, 2.75) is 25.8 Å². The van der Waals surface area contributed by atoms with Crippen LogP contribution in [0.3, 0.4) is 0 Å². The highest BCUT2D eigenvalue weighted by atomic mass is 16.2. The van der Waals surface area contributed by atoms with Crippen molar-refractivity contribution in [3.05, 3.63) is 47.8 Å². The summed E-state index contributed by atoms with van der Waals surface area (Å²) >= 11 is 0. The highest BCUT2D eigenvalue weighted by Gasteiger charge is 2.30. The Morgan fingerprint density at radius 2 is 2.04 bits per heavy atom. The summed E-state index contributed by atoms with van der Waals surface area (Å²) < 4.78 is 1.79. The number of aryl methyl sites for hydroxylation is 1. The van der Waals surface area contributed by atoms with E-state index in [1.54, 1.807) is 37.2 Å². The zero-order valence-corrected chi connectivity index (χ0v) is 15.1. The molecule has 26 heavy (non-hydrogen) atoms. The fourth-order valence-corrected chi connectivity index (χ4v) is 3.51. The van der Waals surface area contributed by atoms with E-state index in [0.29, 0.717) is 11.2 Å². The fourth-order valence-electron chi connectivity index (χ4n) is 3.51. The molecule has 0 radical (unpaired) electrons. The van der Waals surface area contributed by atoms with Gasteiger partial charge in [-0.2, -0.15) is 5.10 Å². The lowest BCUT2D eigenvalue weighted by Crippen LogP contribution is -2.26. The van der Waals surface area contributed by atoms with Gasteiger partial charge >= 0.3 is 0 Å². The summed E-state index contributed by atoms with van der Waals surface area (Å²) in [4.78, 5) is 29.4. The number of anilines is 1. The van der Waals surface area contributed by atoms with E-state index in [-0.39, 0.29) is 11.9 Å². The van der Waals surface area contributed by atoms with Crippen LogP contribution in [-0.2, 0) is 0 Å². The minimum Gasteiger partial charge on any atom is -0.348 e. The van der Waals surface area contributed by atoms with Crippen LogP contribution in [-0.4, -0.2) is 56.0 Å². The maximum atomic E-state index is 12.4. The van der Waals surface area contributed by atoms with Crippen LogP contribution in [0.4, 0.5) is 5.82 Å². The Bertz CT molecular complexity index is 965. The van der Waals surface area contributed by atoms with Gasteiger partial charge in [-0.25, -0.2) is 19.5 Å². The average Bonchev–Trinajstić information content (AvgIpc) is 3.28. The van der Waals surface area contributed by atoms with Crippen LogP contribution in [0.25, 0.3) is 5.65 Å². The van der Waals surface area contributed by atoms with Crippen LogP contribution in [0.15, 0.2) is 30.7 Å². The maximum Gasteiger partial charge on any atom is 0.258 e. The van der Waals surface area contributed by atoms with Crippen LogP contribution < -0.4 is 4.90 Å². The number of hydrogen-bond donors (Lipinski definition) is 0. The van der Waals surface area contributed by atoms with Crippen molar-refractivity contribution in [2.24, 2.45) is 0 Å². The molecule has 0 saturated carbocycles. The van der Waals surface area contributed by atoms with Gasteiger partial charge in [-0.05, 0) is 31.9 Å². The second-order valence-electron chi connectivity index (χ2n) is 6.68. The first-order valence-corrected chi connectivity index (χ1v) is 8.67. The summed E-state index contributed by atoms with van der Waals surface area (Å²) in [6.07, 6.45) is 7.21. The highest BCUT2D eigenvalue weighted by molar-refractivity contribution is 5.99. The Balaban J connectivity index is 1.78. The molecule has 1 unspecified atom stereocenters. The molecule has 0 spiro atoms. The number of carbonyl (C=O) groups is 1. The third-order valence-electron chi connectivity index (χ3n) is 4.72. The molecule has 1 atom stereocenters. The smallest absolute Gasteiger partial charge is 0.258 e. The van der Waals surface area contributed by atoms with E-state index in [1.165, 1.54) is 4.90 Å². The lowest BCUT2D eigenvalue weighted by atomic mass is 10.1. The quantitative estimate of drug-likeness (QED) is 0.717. The zero-order chi connectivity index (χ0) is 18.3. The predicted molar refractivity (Wildman–Crippen MR) is 97.1 cm³/mol. The number of aromatic nitrogens is 5. The van der Waals surface area contributed by atoms with Crippen molar-refractivity contribution < 1.29 is 4.79 Å². The van der Waals surface area contributed by atoms with Crippen LogP contribution in [0.5, 0.6) is 0 Å². The Morgan fingerprint density at radius 3 is 2.81 bits per heavy atom. The second kappa shape index (κ2) is 6.36. The van der Waals surface area contributed by atoms with Crippen molar-refractivity contribution in [1.29, 1.82) is 0 Å². The summed E-state index contributed by atoms with van der Waals surface area (Å²) in [6, 6.07) is 4.05. The number of rotatable bonds is 3. The first-order valence-electron chi connectivity index (χ1n) is 8.67. The topological polar surface area (TPSA) is 79.5 Å². The van der Waals surface area contributed by atoms with E-state index in [0.717, 1.165) is 36.7 Å². The van der Waals surface area contributed by atoms with Gasteiger partial charge in [0.25, 0.3) is 5.91 Å². The molecular formula is C18H21N7O. The summed E-state index contributed by atoms with van der Waals surface area (Å²) in [5, 5.41) is 4.46. The van der Waals surface area contributed by atoms with Gasteiger partial charge in [0.05, 0.1) is 17.9 Å². The van der Waals surface area contributed by atoms with Crippen molar-refractivity contribution in [1.82, 2.24) is 29.5 Å². The number of nitrogens with zero attached hydrogens (tertiary/aromatic N) is 7. The molecule has 8 heteroatoms. The largest absolute Gasteiger partial charge is 0.348 e. The number of hydrogen-bond acceptors (Lipinski definition) is 6. The minimum atomic E-state index is -0.0978. The molecule has 3 aromatic heterocycles. The molecule has 4 heterocycles. The monoisotopic (exact) mass is 351 g/mol. The van der Waals surface area contributed by atoms with Gasteiger partial charge in [0.15, 0.2) is 5.65 Å². The first-order chi connectivity index (χ1) is 12.6. The normalized spacial score (nSPS) is 17.0. The molecule has 0 aromatic carbocycles. The standard InChI is InChI=1S/C18H21N7O/c1-12-19-9-7-16(22-12)24-10-4-5-14(24)15-6-8-20-17-13(11-21-25(15)17)18(26)23(2)3/h6-9,11,14H,4-5,10H2,1-3H3. The molecule has 1 saturated heterocycles. The molecule has 4 rings (SSSR count). The predicted octanol–water partition coefficient (Wildman–Crippen LogP) is 1.87. The van der Waals surface area contributed by atoms with Crippen molar-refractivity contribution >= 4 is 17.4 Å². The lowest BCUT2D eigenvalue weighted by molar-refractivity contribution is 0.0829. The van der Waals surface area contributed by atoms with Gasteiger partial charge in [-0.15, -0.1) is 0 Å². The Kier molecular flexibility index (Phi) is 4.02. The third kappa shape index (κ3) is 2.67. The molecule has 1 aliphatic rings. The summed E-state index contributed by atoms with van der Waals surface area (Å²) in [7, 11) is 3.46. The van der Waals surface area contributed by atoms with Crippen molar-refractivity contribution in [3.63, 3.8) is 0 Å². The Morgan fingerprint density at radius 1 is 1.23 bits per heavy atom. The van der Waals surface area contributed by atoms with E-state index in [2.05, 4.69) is 25.0 Å². The SMILES string of the molecule is Cc1nccc(N2CCCC2c2ccnc3c(C(=O)N(C)C)cnn23)n1. The summed E-state index contributed by atoms with van der Waals surface area (Å²) in [5.74, 6) is 1.58. The number of fused-ring (bicyclic) bond motifs is 1. The van der Waals surface area contributed by atoms with Crippen LogP contribution in [0.2, 0.25) is 0 Å². The maximum absolute atomic E-state index is 12.4. The Labute approximate surface area is 151 Å². The van der Waals surface area contributed by atoms with E-state index < -0.39 is 0 Å². The van der Waals surface area contributed by atoms with Crippen LogP contribution in [0, 0.1) is 6.92 Å². The van der Waals surface area contributed by atoms with E-state index in [1.807, 2.05) is 19.1 Å². The summed E-state index contributed by atoms with van der Waals surface area (Å²) in [6.45, 7) is 2.82. The number of carbonyl (C=O) groups excluding carboxylic acids is 1. The van der Waals surface area contributed by atoms with E-state index in [4.69, 9.17) is 0 Å². The second-order valence-corrected chi connectivity index (χ2v) is 6.68. The van der Waals surface area contributed by atoms with E-state index >= 15 is 0 Å². The van der Waals surface area contributed by atoms with Crippen molar-refractivity contribution in [3.8, 4) is 0 Å². The average molecular weight is 351 g/mol.